The van der Waals surface area contributed by atoms with E-state index in [1.165, 1.54) is 5.56 Å². The highest BCUT2D eigenvalue weighted by Gasteiger charge is 2.16. The summed E-state index contributed by atoms with van der Waals surface area (Å²) in [5.74, 6) is 2.33. The molecule has 0 aliphatic carbocycles. The van der Waals surface area contributed by atoms with Crippen molar-refractivity contribution < 1.29 is 19.0 Å². The standard InChI is InChI=1S/C24H24BrNO4/c1-4-28-22-15-17(14-21(25)23(22)29-5-2)24(27)26-18-8-12-20(13-9-18)30-19-10-6-16(3)7-11-19/h6-15H,4-5H2,1-3H3,(H,26,27). The highest BCUT2D eigenvalue weighted by atomic mass is 79.9. The van der Waals surface area contributed by atoms with E-state index in [9.17, 15) is 4.79 Å². The quantitative estimate of drug-likeness (QED) is 0.403. The van der Waals surface area contributed by atoms with Crippen molar-refractivity contribution in [2.45, 2.75) is 20.8 Å². The first-order valence-corrected chi connectivity index (χ1v) is 10.5. The van der Waals surface area contributed by atoms with Gasteiger partial charge in [-0.2, -0.15) is 0 Å². The molecule has 0 spiro atoms. The first-order valence-electron chi connectivity index (χ1n) is 9.75. The number of carbonyl (C=O) groups is 1. The molecule has 0 aliphatic rings. The monoisotopic (exact) mass is 469 g/mol. The summed E-state index contributed by atoms with van der Waals surface area (Å²) in [6.07, 6.45) is 0. The Morgan fingerprint density at radius 2 is 1.50 bits per heavy atom. The summed E-state index contributed by atoms with van der Waals surface area (Å²) in [6, 6.07) is 18.5. The van der Waals surface area contributed by atoms with E-state index < -0.39 is 0 Å². The summed E-state index contributed by atoms with van der Waals surface area (Å²) in [5, 5.41) is 2.89. The van der Waals surface area contributed by atoms with Crippen LogP contribution in [0.4, 0.5) is 5.69 Å². The van der Waals surface area contributed by atoms with E-state index in [0.29, 0.717) is 46.2 Å². The number of carbonyl (C=O) groups excluding carboxylic acids is 1. The number of amides is 1. The first kappa shape index (κ1) is 21.7. The lowest BCUT2D eigenvalue weighted by Gasteiger charge is -2.14. The number of rotatable bonds is 8. The number of nitrogens with one attached hydrogen (secondary N) is 1. The Hall–Kier alpha value is -2.99. The fourth-order valence-corrected chi connectivity index (χ4v) is 3.35. The van der Waals surface area contributed by atoms with Crippen molar-refractivity contribution in [3.8, 4) is 23.0 Å². The lowest BCUT2D eigenvalue weighted by molar-refractivity contribution is 0.102. The maximum absolute atomic E-state index is 12.7. The maximum atomic E-state index is 12.7. The fourth-order valence-electron chi connectivity index (χ4n) is 2.80. The van der Waals surface area contributed by atoms with Crippen molar-refractivity contribution >= 4 is 27.5 Å². The number of ether oxygens (including phenoxy) is 3. The van der Waals surface area contributed by atoms with E-state index in [4.69, 9.17) is 14.2 Å². The van der Waals surface area contributed by atoms with Gasteiger partial charge in [0.05, 0.1) is 17.7 Å². The molecule has 1 N–H and O–H groups in total. The van der Waals surface area contributed by atoms with Crippen LogP contribution in [-0.4, -0.2) is 19.1 Å². The molecule has 5 nitrogen and oxygen atoms in total. The van der Waals surface area contributed by atoms with Gasteiger partial charge in [0, 0.05) is 11.3 Å². The van der Waals surface area contributed by atoms with E-state index in [2.05, 4.69) is 21.2 Å². The first-order chi connectivity index (χ1) is 14.5. The average Bonchev–Trinajstić information content (AvgIpc) is 2.73. The van der Waals surface area contributed by atoms with Crippen molar-refractivity contribution in [2.24, 2.45) is 0 Å². The Labute approximate surface area is 185 Å². The third-order valence-corrected chi connectivity index (χ3v) is 4.82. The number of benzene rings is 3. The Kier molecular flexibility index (Phi) is 7.36. The summed E-state index contributed by atoms with van der Waals surface area (Å²) >= 11 is 3.47. The average molecular weight is 470 g/mol. The maximum Gasteiger partial charge on any atom is 0.255 e. The molecule has 0 unspecified atom stereocenters. The molecule has 6 heteroatoms. The molecular formula is C24H24BrNO4. The van der Waals surface area contributed by atoms with Crippen LogP contribution in [0.25, 0.3) is 0 Å². The number of hydrogen-bond acceptors (Lipinski definition) is 4. The molecular weight excluding hydrogens is 446 g/mol. The SMILES string of the molecule is CCOc1cc(C(=O)Nc2ccc(Oc3ccc(C)cc3)cc2)cc(Br)c1OCC. The van der Waals surface area contributed by atoms with Crippen LogP contribution >= 0.6 is 15.9 Å². The normalized spacial score (nSPS) is 10.4. The number of hydrogen-bond donors (Lipinski definition) is 1. The molecule has 0 fully saturated rings. The van der Waals surface area contributed by atoms with Gasteiger partial charge in [-0.1, -0.05) is 17.7 Å². The molecule has 0 atom stereocenters. The third-order valence-electron chi connectivity index (χ3n) is 4.23. The van der Waals surface area contributed by atoms with Crippen LogP contribution in [-0.2, 0) is 0 Å². The second kappa shape index (κ2) is 10.2. The van der Waals surface area contributed by atoms with Crippen LogP contribution in [0.1, 0.15) is 29.8 Å². The highest BCUT2D eigenvalue weighted by Crippen LogP contribution is 2.37. The molecule has 3 aromatic carbocycles. The zero-order chi connectivity index (χ0) is 21.5. The molecule has 1 amide bonds. The lowest BCUT2D eigenvalue weighted by Crippen LogP contribution is -2.12. The smallest absolute Gasteiger partial charge is 0.255 e. The van der Waals surface area contributed by atoms with Crippen LogP contribution in [0.3, 0.4) is 0 Å². The Morgan fingerprint density at radius 3 is 2.10 bits per heavy atom. The van der Waals surface area contributed by atoms with Crippen molar-refractivity contribution in [1.82, 2.24) is 0 Å². The van der Waals surface area contributed by atoms with Gasteiger partial charge in [0.25, 0.3) is 5.91 Å². The molecule has 156 valence electrons. The largest absolute Gasteiger partial charge is 0.490 e. The molecule has 0 radical (unpaired) electrons. The topological polar surface area (TPSA) is 56.8 Å². The Morgan fingerprint density at radius 1 is 0.900 bits per heavy atom. The summed E-state index contributed by atoms with van der Waals surface area (Å²) < 4.78 is 17.8. The van der Waals surface area contributed by atoms with Gasteiger partial charge in [0.15, 0.2) is 11.5 Å². The summed E-state index contributed by atoms with van der Waals surface area (Å²) in [6.45, 7) is 6.79. The minimum absolute atomic E-state index is 0.244. The van der Waals surface area contributed by atoms with Gasteiger partial charge in [-0.15, -0.1) is 0 Å². The predicted octanol–water partition coefficient (Wildman–Crippen LogP) is 6.60. The zero-order valence-corrected chi connectivity index (χ0v) is 18.8. The van der Waals surface area contributed by atoms with Crippen molar-refractivity contribution in [3.05, 3.63) is 76.3 Å². The van der Waals surface area contributed by atoms with Crippen molar-refractivity contribution in [1.29, 1.82) is 0 Å². The van der Waals surface area contributed by atoms with Crippen molar-refractivity contribution in [2.75, 3.05) is 18.5 Å². The number of halogens is 1. The molecule has 0 aliphatic heterocycles. The molecule has 0 saturated carbocycles. The zero-order valence-electron chi connectivity index (χ0n) is 17.2. The van der Waals surface area contributed by atoms with E-state index >= 15 is 0 Å². The molecule has 30 heavy (non-hydrogen) atoms. The number of anilines is 1. The van der Waals surface area contributed by atoms with Gasteiger partial charge < -0.3 is 19.5 Å². The molecule has 0 heterocycles. The van der Waals surface area contributed by atoms with Gasteiger partial charge in [-0.05, 0) is 85.2 Å². The second-order valence-corrected chi connectivity index (χ2v) is 7.40. The summed E-state index contributed by atoms with van der Waals surface area (Å²) in [7, 11) is 0. The lowest BCUT2D eigenvalue weighted by atomic mass is 10.1. The fraction of sp³-hybridized carbons (Fsp3) is 0.208. The van der Waals surface area contributed by atoms with Gasteiger partial charge in [-0.25, -0.2) is 0 Å². The molecule has 0 aromatic heterocycles. The number of aryl methyl sites for hydroxylation is 1. The predicted molar refractivity (Wildman–Crippen MR) is 122 cm³/mol. The van der Waals surface area contributed by atoms with Crippen molar-refractivity contribution in [3.63, 3.8) is 0 Å². The van der Waals surface area contributed by atoms with Gasteiger partial charge in [0.2, 0.25) is 0 Å². The van der Waals surface area contributed by atoms with E-state index in [0.717, 1.165) is 5.75 Å². The van der Waals surface area contributed by atoms with Crippen LogP contribution in [0, 0.1) is 6.92 Å². The summed E-state index contributed by atoms with van der Waals surface area (Å²) in [5.41, 5.74) is 2.31. The van der Waals surface area contributed by atoms with Crippen LogP contribution in [0.2, 0.25) is 0 Å². The molecule has 0 saturated heterocycles. The third kappa shape index (κ3) is 5.54. The highest BCUT2D eigenvalue weighted by molar-refractivity contribution is 9.10. The van der Waals surface area contributed by atoms with Gasteiger partial charge in [0.1, 0.15) is 11.5 Å². The molecule has 3 rings (SSSR count). The second-order valence-electron chi connectivity index (χ2n) is 6.54. The van der Waals surface area contributed by atoms with Crippen LogP contribution in [0.15, 0.2) is 65.1 Å². The minimum atomic E-state index is -0.244. The van der Waals surface area contributed by atoms with E-state index in [-0.39, 0.29) is 5.91 Å². The van der Waals surface area contributed by atoms with E-state index in [1.807, 2.05) is 57.2 Å². The van der Waals surface area contributed by atoms with Crippen LogP contribution in [0.5, 0.6) is 23.0 Å². The Balaban J connectivity index is 1.71. The van der Waals surface area contributed by atoms with E-state index in [1.54, 1.807) is 24.3 Å². The molecule has 3 aromatic rings. The summed E-state index contributed by atoms with van der Waals surface area (Å²) in [4.78, 5) is 12.7. The minimum Gasteiger partial charge on any atom is -0.490 e. The van der Waals surface area contributed by atoms with Crippen LogP contribution < -0.4 is 19.5 Å². The Bertz CT molecular complexity index is 1000. The molecule has 0 bridgehead atoms. The van der Waals surface area contributed by atoms with Gasteiger partial charge in [-0.3, -0.25) is 4.79 Å². The van der Waals surface area contributed by atoms with Gasteiger partial charge >= 0.3 is 0 Å².